The van der Waals surface area contributed by atoms with Crippen LogP contribution in [0.15, 0.2) is 54.6 Å². The summed E-state index contributed by atoms with van der Waals surface area (Å²) in [6.45, 7) is 1.46. The number of para-hydroxylation sites is 3. The first-order valence-electron chi connectivity index (χ1n) is 9.74. The van der Waals surface area contributed by atoms with E-state index in [4.69, 9.17) is 4.98 Å². The van der Waals surface area contributed by atoms with Gasteiger partial charge in [0.2, 0.25) is 5.91 Å². The first-order valence-corrected chi connectivity index (χ1v) is 9.74. The summed E-state index contributed by atoms with van der Waals surface area (Å²) in [5.41, 5.74) is 3.17. The van der Waals surface area contributed by atoms with Crippen molar-refractivity contribution < 1.29 is 4.79 Å². The molecule has 1 aliphatic rings. The Hall–Kier alpha value is -2.82. The number of carbonyl (C=O) groups is 1. The Kier molecular flexibility index (Phi) is 5.10. The largest absolute Gasteiger partial charge is 0.385 e. The topological polar surface area (TPSA) is 50.2 Å². The SMILES string of the molecule is Cn1c([C@@H]2CCCCN2C(=O)CCNc2ccccc2)nc2ccccc21. The average molecular weight is 362 g/mol. The van der Waals surface area contributed by atoms with Crippen LogP contribution in [0.5, 0.6) is 0 Å². The van der Waals surface area contributed by atoms with E-state index in [0.717, 1.165) is 48.4 Å². The highest BCUT2D eigenvalue weighted by molar-refractivity contribution is 5.78. The molecule has 0 spiro atoms. The molecular weight excluding hydrogens is 336 g/mol. The van der Waals surface area contributed by atoms with E-state index in [1.165, 1.54) is 0 Å². The van der Waals surface area contributed by atoms with Gasteiger partial charge in [-0.05, 0) is 43.5 Å². The number of aryl methyl sites for hydroxylation is 1. The van der Waals surface area contributed by atoms with Crippen LogP contribution < -0.4 is 5.32 Å². The fourth-order valence-electron chi connectivity index (χ4n) is 3.97. The van der Waals surface area contributed by atoms with Crippen molar-refractivity contribution in [3.8, 4) is 0 Å². The number of nitrogens with one attached hydrogen (secondary N) is 1. The van der Waals surface area contributed by atoms with Crippen LogP contribution in [0.3, 0.4) is 0 Å². The molecule has 1 fully saturated rings. The molecule has 140 valence electrons. The molecule has 0 saturated carbocycles. The van der Waals surface area contributed by atoms with Crippen molar-refractivity contribution in [3.63, 3.8) is 0 Å². The van der Waals surface area contributed by atoms with Crippen molar-refractivity contribution >= 4 is 22.6 Å². The number of amides is 1. The number of imidazole rings is 1. The standard InChI is InChI=1S/C22H26N4O/c1-25-19-12-6-5-11-18(19)24-22(25)20-13-7-8-16-26(20)21(27)14-15-23-17-9-3-2-4-10-17/h2-6,9-12,20,23H,7-8,13-16H2,1H3/t20-/m0/s1. The van der Waals surface area contributed by atoms with Gasteiger partial charge in [0.1, 0.15) is 5.82 Å². The number of nitrogens with zero attached hydrogens (tertiary/aromatic N) is 3. The fourth-order valence-corrected chi connectivity index (χ4v) is 3.97. The number of benzene rings is 2. The molecular formula is C22H26N4O. The lowest BCUT2D eigenvalue weighted by Crippen LogP contribution is -2.40. The summed E-state index contributed by atoms with van der Waals surface area (Å²) in [6, 6.07) is 18.3. The highest BCUT2D eigenvalue weighted by Crippen LogP contribution is 2.32. The number of carbonyl (C=O) groups excluding carboxylic acids is 1. The first kappa shape index (κ1) is 17.6. The second-order valence-corrected chi connectivity index (χ2v) is 7.16. The van der Waals surface area contributed by atoms with Crippen molar-refractivity contribution in [2.45, 2.75) is 31.7 Å². The van der Waals surface area contributed by atoms with Crippen LogP contribution in [0.2, 0.25) is 0 Å². The molecule has 2 heterocycles. The molecule has 5 heteroatoms. The van der Waals surface area contributed by atoms with Crippen molar-refractivity contribution in [2.24, 2.45) is 7.05 Å². The molecule has 5 nitrogen and oxygen atoms in total. The molecule has 1 N–H and O–H groups in total. The zero-order valence-electron chi connectivity index (χ0n) is 15.8. The predicted molar refractivity (Wildman–Crippen MR) is 109 cm³/mol. The first-order chi connectivity index (χ1) is 13.2. The van der Waals surface area contributed by atoms with Gasteiger partial charge in [0.25, 0.3) is 0 Å². The van der Waals surface area contributed by atoms with Crippen molar-refractivity contribution in [1.29, 1.82) is 0 Å². The van der Waals surface area contributed by atoms with Gasteiger partial charge in [-0.1, -0.05) is 30.3 Å². The number of fused-ring (bicyclic) bond motifs is 1. The summed E-state index contributed by atoms with van der Waals surface area (Å²) < 4.78 is 2.15. The maximum absolute atomic E-state index is 12.9. The van der Waals surface area contributed by atoms with Gasteiger partial charge in [-0.25, -0.2) is 4.98 Å². The van der Waals surface area contributed by atoms with Gasteiger partial charge >= 0.3 is 0 Å². The Morgan fingerprint density at radius 2 is 1.89 bits per heavy atom. The molecule has 1 atom stereocenters. The van der Waals surface area contributed by atoms with Gasteiger partial charge in [0.15, 0.2) is 0 Å². The molecule has 0 aliphatic carbocycles. The highest BCUT2D eigenvalue weighted by atomic mass is 16.2. The lowest BCUT2D eigenvalue weighted by molar-refractivity contribution is -0.135. The zero-order chi connectivity index (χ0) is 18.6. The van der Waals surface area contributed by atoms with Gasteiger partial charge < -0.3 is 14.8 Å². The molecule has 3 aromatic rings. The number of likely N-dealkylation sites (tertiary alicyclic amines) is 1. The second-order valence-electron chi connectivity index (χ2n) is 7.16. The van der Waals surface area contributed by atoms with Gasteiger partial charge in [0, 0.05) is 32.2 Å². The third-order valence-corrected chi connectivity index (χ3v) is 5.38. The Morgan fingerprint density at radius 3 is 2.70 bits per heavy atom. The third-order valence-electron chi connectivity index (χ3n) is 5.38. The van der Waals surface area contributed by atoms with E-state index >= 15 is 0 Å². The molecule has 1 amide bonds. The summed E-state index contributed by atoms with van der Waals surface area (Å²) in [5, 5.41) is 3.33. The Balaban J connectivity index is 1.48. The average Bonchev–Trinajstić information content (AvgIpc) is 3.05. The van der Waals surface area contributed by atoms with Crippen molar-refractivity contribution in [2.75, 3.05) is 18.4 Å². The summed E-state index contributed by atoms with van der Waals surface area (Å²) in [4.78, 5) is 19.8. The number of anilines is 1. The van der Waals surface area contributed by atoms with Crippen LogP contribution in [-0.4, -0.2) is 33.4 Å². The number of hydrogen-bond acceptors (Lipinski definition) is 3. The van der Waals surface area contributed by atoms with Crippen LogP contribution in [0.4, 0.5) is 5.69 Å². The lowest BCUT2D eigenvalue weighted by atomic mass is 10.0. The Labute approximate surface area is 160 Å². The van der Waals surface area contributed by atoms with Crippen LogP contribution in [0.25, 0.3) is 11.0 Å². The van der Waals surface area contributed by atoms with Crippen molar-refractivity contribution in [1.82, 2.24) is 14.5 Å². The number of hydrogen-bond donors (Lipinski definition) is 1. The molecule has 1 aromatic heterocycles. The molecule has 1 aliphatic heterocycles. The maximum Gasteiger partial charge on any atom is 0.224 e. The van der Waals surface area contributed by atoms with E-state index in [0.29, 0.717) is 13.0 Å². The minimum absolute atomic E-state index is 0.0698. The minimum Gasteiger partial charge on any atom is -0.385 e. The van der Waals surface area contributed by atoms with E-state index < -0.39 is 0 Å². The van der Waals surface area contributed by atoms with E-state index in [-0.39, 0.29) is 11.9 Å². The lowest BCUT2D eigenvalue weighted by Gasteiger charge is -2.35. The van der Waals surface area contributed by atoms with Gasteiger partial charge in [0.05, 0.1) is 17.1 Å². The Bertz CT molecular complexity index is 918. The van der Waals surface area contributed by atoms with Crippen LogP contribution in [0, 0.1) is 0 Å². The number of rotatable bonds is 5. The van der Waals surface area contributed by atoms with Crippen LogP contribution in [0.1, 0.15) is 37.5 Å². The normalized spacial score (nSPS) is 17.2. The molecule has 2 aromatic carbocycles. The summed E-state index contributed by atoms with van der Waals surface area (Å²) in [5.74, 6) is 1.20. The van der Waals surface area contributed by atoms with Crippen molar-refractivity contribution in [3.05, 3.63) is 60.4 Å². The minimum atomic E-state index is 0.0698. The van der Waals surface area contributed by atoms with Gasteiger partial charge in [-0.2, -0.15) is 0 Å². The quantitative estimate of drug-likeness (QED) is 0.742. The Morgan fingerprint density at radius 1 is 1.11 bits per heavy atom. The van der Waals surface area contributed by atoms with E-state index in [1.54, 1.807) is 0 Å². The van der Waals surface area contributed by atoms with Gasteiger partial charge in [-0.3, -0.25) is 4.79 Å². The number of aromatic nitrogens is 2. The molecule has 1 saturated heterocycles. The molecule has 0 bridgehead atoms. The fraction of sp³-hybridized carbons (Fsp3) is 0.364. The molecule has 27 heavy (non-hydrogen) atoms. The summed E-state index contributed by atoms with van der Waals surface area (Å²) in [6.07, 6.45) is 3.68. The summed E-state index contributed by atoms with van der Waals surface area (Å²) >= 11 is 0. The maximum atomic E-state index is 12.9. The zero-order valence-corrected chi connectivity index (χ0v) is 15.8. The third kappa shape index (κ3) is 3.68. The van der Waals surface area contributed by atoms with E-state index in [1.807, 2.05) is 53.4 Å². The smallest absolute Gasteiger partial charge is 0.224 e. The highest BCUT2D eigenvalue weighted by Gasteiger charge is 2.30. The predicted octanol–water partition coefficient (Wildman–Crippen LogP) is 4.13. The van der Waals surface area contributed by atoms with Crippen LogP contribution in [-0.2, 0) is 11.8 Å². The monoisotopic (exact) mass is 362 g/mol. The molecule has 4 rings (SSSR count). The molecule has 0 radical (unpaired) electrons. The molecule has 0 unspecified atom stereocenters. The second kappa shape index (κ2) is 7.82. The van der Waals surface area contributed by atoms with E-state index in [2.05, 4.69) is 23.0 Å². The van der Waals surface area contributed by atoms with Gasteiger partial charge in [-0.15, -0.1) is 0 Å². The van der Waals surface area contributed by atoms with E-state index in [9.17, 15) is 4.79 Å². The number of piperidine rings is 1. The summed E-state index contributed by atoms with van der Waals surface area (Å²) in [7, 11) is 2.05. The van der Waals surface area contributed by atoms with Crippen LogP contribution >= 0.6 is 0 Å².